The molecule has 1 amide bonds. The molecular weight excluding hydrogens is 458 g/mol. The maximum absolute atomic E-state index is 13.0. The fourth-order valence-electron chi connectivity index (χ4n) is 3.05. The fraction of sp³-hybridized carbons (Fsp3) is 0.100. The molecule has 0 fully saturated rings. The topological polar surface area (TPSA) is 45.2 Å². The summed E-state index contributed by atoms with van der Waals surface area (Å²) in [5.41, 5.74) is 3.59. The minimum Gasteiger partial charge on any atom is -0.360 e. The van der Waals surface area contributed by atoms with E-state index in [-0.39, 0.29) is 12.1 Å². The van der Waals surface area contributed by atoms with Gasteiger partial charge in [-0.05, 0) is 58.7 Å². The Labute approximate surface area is 168 Å². The quantitative estimate of drug-likeness (QED) is 0.532. The number of halogens is 2. The first-order valence-electron chi connectivity index (χ1n) is 8.11. The van der Waals surface area contributed by atoms with Gasteiger partial charge in [-0.25, -0.2) is 4.98 Å². The van der Waals surface area contributed by atoms with Crippen molar-refractivity contribution in [2.24, 2.45) is 0 Å². The number of amides is 1. The number of fused-ring (bicyclic) bond motifs is 1. The van der Waals surface area contributed by atoms with Gasteiger partial charge in [-0.3, -0.25) is 9.69 Å². The normalized spacial score (nSPS) is 15.9. The largest absolute Gasteiger partial charge is 0.360 e. The van der Waals surface area contributed by atoms with E-state index in [2.05, 4.69) is 42.2 Å². The Balaban J connectivity index is 1.79. The number of hydrogen-bond donors (Lipinski definition) is 1. The molecule has 6 heteroatoms. The summed E-state index contributed by atoms with van der Waals surface area (Å²) in [4.78, 5) is 19.2. The predicted molar refractivity (Wildman–Crippen MR) is 110 cm³/mol. The van der Waals surface area contributed by atoms with Crippen LogP contribution in [0.15, 0.2) is 69.7 Å². The summed E-state index contributed by atoms with van der Waals surface area (Å²) in [6, 6.07) is 17.4. The lowest BCUT2D eigenvalue weighted by atomic mass is 10.1. The van der Waals surface area contributed by atoms with Crippen molar-refractivity contribution < 1.29 is 4.79 Å². The van der Waals surface area contributed by atoms with Crippen LogP contribution in [0.4, 0.5) is 11.5 Å². The number of pyridine rings is 1. The Kier molecular flexibility index (Phi) is 4.54. The van der Waals surface area contributed by atoms with E-state index < -0.39 is 0 Å². The van der Waals surface area contributed by atoms with Gasteiger partial charge in [0.1, 0.15) is 12.0 Å². The van der Waals surface area contributed by atoms with Crippen molar-refractivity contribution in [1.29, 1.82) is 0 Å². The van der Waals surface area contributed by atoms with Crippen molar-refractivity contribution >= 4 is 49.3 Å². The molecule has 0 saturated carbocycles. The fourth-order valence-corrected chi connectivity index (χ4v) is 4.21. The molecule has 0 bridgehead atoms. The van der Waals surface area contributed by atoms with Crippen LogP contribution in [-0.4, -0.2) is 10.9 Å². The third-order valence-electron chi connectivity index (χ3n) is 4.33. The Morgan fingerprint density at radius 3 is 2.62 bits per heavy atom. The minimum absolute atomic E-state index is 0.0531. The first-order valence-corrected chi connectivity index (χ1v) is 9.70. The molecule has 1 aromatic heterocycles. The van der Waals surface area contributed by atoms with Gasteiger partial charge in [0.25, 0.3) is 5.91 Å². The van der Waals surface area contributed by atoms with Crippen LogP contribution in [0.1, 0.15) is 27.7 Å². The minimum atomic E-state index is -0.327. The van der Waals surface area contributed by atoms with Crippen LogP contribution in [0.3, 0.4) is 0 Å². The van der Waals surface area contributed by atoms with E-state index in [0.717, 1.165) is 25.8 Å². The summed E-state index contributed by atoms with van der Waals surface area (Å²) in [7, 11) is 0. The number of rotatable bonds is 3. The molecule has 4 rings (SSSR count). The number of aromatic nitrogens is 1. The van der Waals surface area contributed by atoms with Gasteiger partial charge < -0.3 is 5.32 Å². The predicted octanol–water partition coefficient (Wildman–Crippen LogP) is 5.69. The number of hydrogen-bond acceptors (Lipinski definition) is 3. The SMILES string of the molecule is Cc1ccc(N2C(=O)c3ccccc3[C@@H]2Nc2ccc(Br)cc2Br)nc1. The average molecular weight is 473 g/mol. The van der Waals surface area contributed by atoms with Gasteiger partial charge in [-0.1, -0.05) is 40.2 Å². The average Bonchev–Trinajstić information content (AvgIpc) is 2.91. The Bertz CT molecular complexity index is 989. The number of anilines is 2. The molecule has 1 atom stereocenters. The van der Waals surface area contributed by atoms with Gasteiger partial charge >= 0.3 is 0 Å². The number of nitrogens with one attached hydrogen (secondary N) is 1. The third-order valence-corrected chi connectivity index (χ3v) is 5.48. The molecular formula is C20H15Br2N3O. The van der Waals surface area contributed by atoms with E-state index in [1.807, 2.05) is 61.5 Å². The van der Waals surface area contributed by atoms with E-state index in [4.69, 9.17) is 0 Å². The molecule has 2 aromatic carbocycles. The number of carbonyl (C=O) groups is 1. The second-order valence-corrected chi connectivity index (χ2v) is 7.90. The zero-order valence-corrected chi connectivity index (χ0v) is 17.1. The van der Waals surface area contributed by atoms with Crippen LogP contribution in [-0.2, 0) is 0 Å². The lowest BCUT2D eigenvalue weighted by Gasteiger charge is -2.26. The maximum Gasteiger partial charge on any atom is 0.261 e. The summed E-state index contributed by atoms with van der Waals surface area (Å²) in [5.74, 6) is 0.574. The second-order valence-electron chi connectivity index (χ2n) is 6.13. The first kappa shape index (κ1) is 17.2. The zero-order valence-electron chi connectivity index (χ0n) is 13.9. The number of benzene rings is 2. The molecule has 0 aliphatic carbocycles. The van der Waals surface area contributed by atoms with E-state index in [1.54, 1.807) is 11.1 Å². The van der Waals surface area contributed by atoms with Crippen molar-refractivity contribution in [1.82, 2.24) is 4.98 Å². The number of nitrogens with zero attached hydrogens (tertiary/aromatic N) is 2. The summed E-state index contributed by atoms with van der Waals surface area (Å²) < 4.78 is 1.90. The molecule has 1 N–H and O–H groups in total. The maximum atomic E-state index is 13.0. The highest BCUT2D eigenvalue weighted by atomic mass is 79.9. The zero-order chi connectivity index (χ0) is 18.3. The Morgan fingerprint density at radius 2 is 1.88 bits per heavy atom. The summed E-state index contributed by atoms with van der Waals surface area (Å²) in [5, 5.41) is 3.48. The van der Waals surface area contributed by atoms with Crippen LogP contribution in [0.25, 0.3) is 0 Å². The van der Waals surface area contributed by atoms with Crippen LogP contribution in [0, 0.1) is 6.92 Å². The van der Waals surface area contributed by atoms with E-state index >= 15 is 0 Å². The smallest absolute Gasteiger partial charge is 0.261 e. The molecule has 130 valence electrons. The molecule has 1 aliphatic rings. The monoisotopic (exact) mass is 471 g/mol. The van der Waals surface area contributed by atoms with Crippen LogP contribution < -0.4 is 10.2 Å². The van der Waals surface area contributed by atoms with Gasteiger partial charge in [0.2, 0.25) is 0 Å². The number of carbonyl (C=O) groups excluding carboxylic acids is 1. The molecule has 3 aromatic rings. The lowest BCUT2D eigenvalue weighted by molar-refractivity contribution is 0.0992. The molecule has 4 nitrogen and oxygen atoms in total. The van der Waals surface area contributed by atoms with E-state index in [0.29, 0.717) is 11.4 Å². The van der Waals surface area contributed by atoms with Crippen molar-refractivity contribution in [3.8, 4) is 0 Å². The summed E-state index contributed by atoms with van der Waals surface area (Å²) in [6.45, 7) is 1.98. The third kappa shape index (κ3) is 3.04. The van der Waals surface area contributed by atoms with Crippen molar-refractivity contribution in [3.63, 3.8) is 0 Å². The van der Waals surface area contributed by atoms with Crippen LogP contribution in [0.2, 0.25) is 0 Å². The van der Waals surface area contributed by atoms with E-state index in [9.17, 15) is 4.79 Å². The molecule has 0 unspecified atom stereocenters. The second kappa shape index (κ2) is 6.85. The molecule has 26 heavy (non-hydrogen) atoms. The van der Waals surface area contributed by atoms with Crippen molar-refractivity contribution in [2.45, 2.75) is 13.1 Å². The highest BCUT2D eigenvalue weighted by Gasteiger charge is 2.38. The molecule has 0 spiro atoms. The van der Waals surface area contributed by atoms with Gasteiger partial charge in [0.05, 0.1) is 5.69 Å². The highest BCUT2D eigenvalue weighted by molar-refractivity contribution is 9.11. The van der Waals surface area contributed by atoms with Gasteiger partial charge in [-0.2, -0.15) is 0 Å². The summed E-state index contributed by atoms with van der Waals surface area (Å²) >= 11 is 7.05. The summed E-state index contributed by atoms with van der Waals surface area (Å²) in [6.07, 6.45) is 1.45. The van der Waals surface area contributed by atoms with Gasteiger partial charge in [0, 0.05) is 26.3 Å². The Morgan fingerprint density at radius 1 is 1.08 bits per heavy atom. The molecule has 0 saturated heterocycles. The standard InChI is InChI=1S/C20H15Br2N3O/c1-12-6-9-18(23-11-12)25-19(14-4-2-3-5-15(14)20(25)26)24-17-8-7-13(21)10-16(17)22/h2-11,19,24H,1H3/t19-/m1/s1. The molecule has 1 aliphatic heterocycles. The first-order chi connectivity index (χ1) is 12.5. The molecule has 0 radical (unpaired) electrons. The Hall–Kier alpha value is -2.18. The van der Waals surface area contributed by atoms with E-state index in [1.165, 1.54) is 0 Å². The molecule has 2 heterocycles. The van der Waals surface area contributed by atoms with Crippen LogP contribution in [0.5, 0.6) is 0 Å². The highest BCUT2D eigenvalue weighted by Crippen LogP contribution is 2.39. The van der Waals surface area contributed by atoms with Gasteiger partial charge in [-0.15, -0.1) is 0 Å². The van der Waals surface area contributed by atoms with Crippen LogP contribution >= 0.6 is 31.9 Å². The number of aryl methyl sites for hydroxylation is 1. The van der Waals surface area contributed by atoms with Crippen molar-refractivity contribution in [2.75, 3.05) is 10.2 Å². The van der Waals surface area contributed by atoms with Crippen molar-refractivity contribution in [3.05, 3.63) is 86.4 Å². The van der Waals surface area contributed by atoms with Gasteiger partial charge in [0.15, 0.2) is 0 Å². The lowest BCUT2D eigenvalue weighted by Crippen LogP contribution is -2.33.